The lowest BCUT2D eigenvalue weighted by molar-refractivity contribution is 0.237. The minimum atomic E-state index is -0.157. The van der Waals surface area contributed by atoms with Gasteiger partial charge in [0.15, 0.2) is 0 Å². The van der Waals surface area contributed by atoms with E-state index in [1.54, 1.807) is 6.20 Å². The molecule has 4 nitrogen and oxygen atoms in total. The van der Waals surface area contributed by atoms with Gasteiger partial charge in [0, 0.05) is 12.2 Å². The van der Waals surface area contributed by atoms with Crippen molar-refractivity contribution >= 4 is 6.03 Å². The Morgan fingerprint density at radius 2 is 2.27 bits per heavy atom. The Bertz CT molecular complexity index is 342. The molecule has 0 spiro atoms. The number of rotatable bonds is 3. The summed E-state index contributed by atoms with van der Waals surface area (Å²) in [7, 11) is 0. The van der Waals surface area contributed by atoms with E-state index >= 15 is 0 Å². The highest BCUT2D eigenvalue weighted by molar-refractivity contribution is 5.76. The maximum Gasteiger partial charge on any atom is 0.342 e. The van der Waals surface area contributed by atoms with E-state index in [2.05, 4.69) is 17.3 Å². The highest BCUT2D eigenvalue weighted by Crippen LogP contribution is 2.07. The molecule has 1 rings (SSSR count). The second-order valence-corrected chi connectivity index (χ2v) is 4.06. The molecule has 0 aliphatic carbocycles. The van der Waals surface area contributed by atoms with Gasteiger partial charge in [-0.25, -0.2) is 4.79 Å². The van der Waals surface area contributed by atoms with E-state index in [-0.39, 0.29) is 12.1 Å². The van der Waals surface area contributed by atoms with Crippen LogP contribution < -0.4 is 5.32 Å². The lowest BCUT2D eigenvalue weighted by Gasteiger charge is -2.06. The highest BCUT2D eigenvalue weighted by atomic mass is 16.2. The monoisotopic (exact) mass is 209 g/mol. The van der Waals surface area contributed by atoms with E-state index in [1.165, 1.54) is 4.68 Å². The molecular weight excluding hydrogens is 190 g/mol. The molecule has 1 aromatic heterocycles. The normalized spacial score (nSPS) is 10.7. The number of aromatic nitrogens is 2. The lowest BCUT2D eigenvalue weighted by atomic mass is 10.2. The van der Waals surface area contributed by atoms with Gasteiger partial charge in [0.2, 0.25) is 0 Å². The topological polar surface area (TPSA) is 46.9 Å². The number of nitrogens with zero attached hydrogens (tertiary/aromatic N) is 2. The Morgan fingerprint density at radius 3 is 2.80 bits per heavy atom. The molecule has 0 atom stereocenters. The smallest absolute Gasteiger partial charge is 0.334 e. The van der Waals surface area contributed by atoms with Crippen LogP contribution in [0.5, 0.6) is 0 Å². The van der Waals surface area contributed by atoms with Crippen LogP contribution in [0.25, 0.3) is 0 Å². The van der Waals surface area contributed by atoms with Gasteiger partial charge in [-0.05, 0) is 32.8 Å². The molecule has 0 aromatic carbocycles. The molecule has 84 valence electrons. The van der Waals surface area contributed by atoms with Crippen molar-refractivity contribution in [2.75, 3.05) is 0 Å². The van der Waals surface area contributed by atoms with Crippen molar-refractivity contribution in [2.45, 2.75) is 46.6 Å². The summed E-state index contributed by atoms with van der Waals surface area (Å²) in [5.74, 6) is 0. The predicted octanol–water partition coefficient (Wildman–Crippen LogP) is 2.11. The molecule has 0 aliphatic heterocycles. The SMILES string of the molecule is CCCc1nn(C(=O)NC(C)C)cc1C. The van der Waals surface area contributed by atoms with Crippen LogP contribution in [0.1, 0.15) is 38.4 Å². The first-order chi connectivity index (χ1) is 7.04. The first-order valence-electron chi connectivity index (χ1n) is 5.40. The fourth-order valence-corrected chi connectivity index (χ4v) is 1.40. The molecule has 4 heteroatoms. The number of hydrogen-bond acceptors (Lipinski definition) is 2. The van der Waals surface area contributed by atoms with Crippen molar-refractivity contribution < 1.29 is 4.79 Å². The summed E-state index contributed by atoms with van der Waals surface area (Å²) >= 11 is 0. The zero-order valence-electron chi connectivity index (χ0n) is 9.87. The van der Waals surface area contributed by atoms with Gasteiger partial charge in [-0.15, -0.1) is 0 Å². The van der Waals surface area contributed by atoms with Crippen LogP contribution >= 0.6 is 0 Å². The van der Waals surface area contributed by atoms with E-state index in [9.17, 15) is 4.79 Å². The van der Waals surface area contributed by atoms with Crippen molar-refractivity contribution in [1.82, 2.24) is 15.1 Å². The first-order valence-corrected chi connectivity index (χ1v) is 5.40. The predicted molar refractivity (Wildman–Crippen MR) is 60.0 cm³/mol. The summed E-state index contributed by atoms with van der Waals surface area (Å²) in [5.41, 5.74) is 2.09. The zero-order chi connectivity index (χ0) is 11.4. The largest absolute Gasteiger partial charge is 0.342 e. The van der Waals surface area contributed by atoms with Gasteiger partial charge in [0.05, 0.1) is 5.69 Å². The average molecular weight is 209 g/mol. The van der Waals surface area contributed by atoms with Crippen molar-refractivity contribution in [2.24, 2.45) is 0 Å². The van der Waals surface area contributed by atoms with Crippen LogP contribution in [0.2, 0.25) is 0 Å². The number of hydrogen-bond donors (Lipinski definition) is 1. The van der Waals surface area contributed by atoms with E-state index in [0.717, 1.165) is 24.1 Å². The van der Waals surface area contributed by atoms with Gasteiger partial charge in [0.1, 0.15) is 0 Å². The number of carbonyl (C=O) groups excluding carboxylic acids is 1. The molecule has 1 heterocycles. The van der Waals surface area contributed by atoms with Crippen LogP contribution in [0.4, 0.5) is 4.79 Å². The van der Waals surface area contributed by atoms with Gasteiger partial charge in [-0.3, -0.25) is 0 Å². The molecule has 1 amide bonds. The summed E-state index contributed by atoms with van der Waals surface area (Å²) in [5, 5.41) is 7.06. The van der Waals surface area contributed by atoms with E-state index in [0.29, 0.717) is 0 Å². The molecule has 1 aromatic rings. The number of carbonyl (C=O) groups is 1. The average Bonchev–Trinajstić information content (AvgIpc) is 2.47. The molecule has 0 unspecified atom stereocenters. The van der Waals surface area contributed by atoms with Gasteiger partial charge >= 0.3 is 6.03 Å². The van der Waals surface area contributed by atoms with Gasteiger partial charge in [-0.2, -0.15) is 9.78 Å². The second-order valence-electron chi connectivity index (χ2n) is 4.06. The molecular formula is C11H19N3O. The minimum Gasteiger partial charge on any atom is -0.334 e. The van der Waals surface area contributed by atoms with Gasteiger partial charge < -0.3 is 5.32 Å². The molecule has 0 bridgehead atoms. The van der Waals surface area contributed by atoms with Crippen LogP contribution in [0.15, 0.2) is 6.20 Å². The Morgan fingerprint density at radius 1 is 1.60 bits per heavy atom. The Kier molecular flexibility index (Phi) is 3.88. The molecule has 0 aliphatic rings. The Labute approximate surface area is 90.7 Å². The fourth-order valence-electron chi connectivity index (χ4n) is 1.40. The van der Waals surface area contributed by atoms with Gasteiger partial charge in [0.25, 0.3) is 0 Å². The third kappa shape index (κ3) is 3.08. The van der Waals surface area contributed by atoms with E-state index < -0.39 is 0 Å². The summed E-state index contributed by atoms with van der Waals surface area (Å²) in [6.07, 6.45) is 3.75. The molecule has 0 fully saturated rings. The zero-order valence-corrected chi connectivity index (χ0v) is 9.87. The Hall–Kier alpha value is -1.32. The summed E-state index contributed by atoms with van der Waals surface area (Å²) in [6, 6.07) is -0.0212. The lowest BCUT2D eigenvalue weighted by Crippen LogP contribution is -2.34. The van der Waals surface area contributed by atoms with Gasteiger partial charge in [-0.1, -0.05) is 13.3 Å². The number of amides is 1. The van der Waals surface area contributed by atoms with E-state index in [1.807, 2.05) is 20.8 Å². The third-order valence-electron chi connectivity index (χ3n) is 2.11. The highest BCUT2D eigenvalue weighted by Gasteiger charge is 2.10. The van der Waals surface area contributed by atoms with Crippen LogP contribution in [0.3, 0.4) is 0 Å². The number of nitrogens with one attached hydrogen (secondary N) is 1. The summed E-state index contributed by atoms with van der Waals surface area (Å²) < 4.78 is 1.39. The summed E-state index contributed by atoms with van der Waals surface area (Å²) in [6.45, 7) is 7.95. The maximum absolute atomic E-state index is 11.6. The molecule has 0 saturated heterocycles. The molecule has 0 saturated carbocycles. The second kappa shape index (κ2) is 4.96. The Balaban J connectivity index is 2.78. The van der Waals surface area contributed by atoms with Crippen LogP contribution in [-0.2, 0) is 6.42 Å². The minimum absolute atomic E-state index is 0.136. The standard InChI is InChI=1S/C11H19N3O/c1-5-6-10-9(4)7-14(13-10)11(15)12-8(2)3/h7-8H,5-6H2,1-4H3,(H,12,15). The van der Waals surface area contributed by atoms with E-state index in [4.69, 9.17) is 0 Å². The maximum atomic E-state index is 11.6. The van der Waals surface area contributed by atoms with Crippen molar-refractivity contribution in [3.8, 4) is 0 Å². The summed E-state index contributed by atoms with van der Waals surface area (Å²) in [4.78, 5) is 11.6. The molecule has 0 radical (unpaired) electrons. The molecule has 1 N–H and O–H groups in total. The van der Waals surface area contributed by atoms with Crippen molar-refractivity contribution in [3.05, 3.63) is 17.5 Å². The van der Waals surface area contributed by atoms with Crippen LogP contribution in [-0.4, -0.2) is 21.9 Å². The first kappa shape index (κ1) is 11.8. The van der Waals surface area contributed by atoms with Crippen molar-refractivity contribution in [1.29, 1.82) is 0 Å². The fraction of sp³-hybridized carbons (Fsp3) is 0.636. The van der Waals surface area contributed by atoms with Crippen molar-refractivity contribution in [3.63, 3.8) is 0 Å². The number of aryl methyl sites for hydroxylation is 2. The third-order valence-corrected chi connectivity index (χ3v) is 2.11. The quantitative estimate of drug-likeness (QED) is 0.828. The molecule has 15 heavy (non-hydrogen) atoms. The van der Waals surface area contributed by atoms with Crippen LogP contribution in [0, 0.1) is 6.92 Å².